The summed E-state index contributed by atoms with van der Waals surface area (Å²) < 4.78 is 27.6. The van der Waals surface area contributed by atoms with Crippen LogP contribution in [0.25, 0.3) is 0 Å². The maximum absolute atomic E-state index is 12.6. The van der Waals surface area contributed by atoms with E-state index in [1.54, 1.807) is 18.2 Å². The Hall–Kier alpha value is -3.19. The lowest BCUT2D eigenvalue weighted by molar-refractivity contribution is -0.387. The molecule has 3 rings (SSSR count). The Balaban J connectivity index is 1.87. The van der Waals surface area contributed by atoms with Gasteiger partial charge in [-0.05, 0) is 35.7 Å². The number of sulfonamides is 1. The van der Waals surface area contributed by atoms with Gasteiger partial charge in [0.25, 0.3) is 15.7 Å². The summed E-state index contributed by atoms with van der Waals surface area (Å²) in [5.74, 6) is 0. The van der Waals surface area contributed by atoms with Gasteiger partial charge < -0.3 is 0 Å². The number of nitro groups is 1. The maximum Gasteiger partial charge on any atom is 0.289 e. The SMILES string of the molecule is O=[N+]([O-])c1ccccc1S(=O)(=O)Nc1cccc(Cc2ccccc2)c1. The highest BCUT2D eigenvalue weighted by Gasteiger charge is 2.25. The number of anilines is 1. The summed E-state index contributed by atoms with van der Waals surface area (Å²) in [6, 6.07) is 22.0. The maximum atomic E-state index is 12.6. The second-order valence-electron chi connectivity index (χ2n) is 5.69. The molecule has 26 heavy (non-hydrogen) atoms. The van der Waals surface area contributed by atoms with Crippen molar-refractivity contribution in [2.24, 2.45) is 0 Å². The molecule has 0 spiro atoms. The van der Waals surface area contributed by atoms with Gasteiger partial charge in [-0.3, -0.25) is 14.8 Å². The van der Waals surface area contributed by atoms with Gasteiger partial charge in [-0.25, -0.2) is 8.42 Å². The quantitative estimate of drug-likeness (QED) is 0.526. The van der Waals surface area contributed by atoms with Crippen molar-refractivity contribution in [3.63, 3.8) is 0 Å². The Kier molecular flexibility index (Phi) is 4.99. The Morgan fingerprint density at radius 3 is 2.23 bits per heavy atom. The van der Waals surface area contributed by atoms with E-state index >= 15 is 0 Å². The number of hydrogen-bond donors (Lipinski definition) is 1. The molecular formula is C19H16N2O4S. The summed E-state index contributed by atoms with van der Waals surface area (Å²) in [6.07, 6.45) is 0.655. The molecule has 0 aliphatic rings. The van der Waals surface area contributed by atoms with Crippen LogP contribution >= 0.6 is 0 Å². The first kappa shape index (κ1) is 17.6. The van der Waals surface area contributed by atoms with Gasteiger partial charge in [-0.1, -0.05) is 54.6 Å². The van der Waals surface area contributed by atoms with Crippen molar-refractivity contribution < 1.29 is 13.3 Å². The molecule has 0 atom stereocenters. The zero-order valence-electron chi connectivity index (χ0n) is 13.7. The van der Waals surface area contributed by atoms with Crippen LogP contribution in [-0.2, 0) is 16.4 Å². The van der Waals surface area contributed by atoms with E-state index in [2.05, 4.69) is 4.72 Å². The lowest BCUT2D eigenvalue weighted by Gasteiger charge is -2.10. The molecule has 7 heteroatoms. The van der Waals surface area contributed by atoms with E-state index < -0.39 is 20.6 Å². The smallest absolute Gasteiger partial charge is 0.279 e. The second-order valence-corrected chi connectivity index (χ2v) is 7.34. The van der Waals surface area contributed by atoms with Gasteiger partial charge in [0.1, 0.15) is 0 Å². The number of hydrogen-bond acceptors (Lipinski definition) is 4. The van der Waals surface area contributed by atoms with Crippen LogP contribution in [-0.4, -0.2) is 13.3 Å². The molecule has 0 aliphatic carbocycles. The number of para-hydroxylation sites is 1. The van der Waals surface area contributed by atoms with E-state index in [9.17, 15) is 18.5 Å². The highest BCUT2D eigenvalue weighted by molar-refractivity contribution is 7.92. The van der Waals surface area contributed by atoms with Crippen molar-refractivity contribution in [3.8, 4) is 0 Å². The fourth-order valence-electron chi connectivity index (χ4n) is 2.62. The monoisotopic (exact) mass is 368 g/mol. The number of benzene rings is 3. The van der Waals surface area contributed by atoms with Gasteiger partial charge in [0.15, 0.2) is 4.90 Å². The fourth-order valence-corrected chi connectivity index (χ4v) is 3.84. The summed E-state index contributed by atoms with van der Waals surface area (Å²) >= 11 is 0. The molecule has 0 saturated carbocycles. The molecule has 0 bridgehead atoms. The largest absolute Gasteiger partial charge is 0.289 e. The van der Waals surface area contributed by atoms with E-state index in [1.807, 2.05) is 36.4 Å². The van der Waals surface area contributed by atoms with Crippen molar-refractivity contribution in [2.45, 2.75) is 11.3 Å². The molecule has 0 heterocycles. The zero-order chi connectivity index (χ0) is 18.6. The molecule has 0 saturated heterocycles. The van der Waals surface area contributed by atoms with Crippen LogP contribution in [0.1, 0.15) is 11.1 Å². The molecule has 0 amide bonds. The van der Waals surface area contributed by atoms with Crippen molar-refractivity contribution in [2.75, 3.05) is 4.72 Å². The second kappa shape index (κ2) is 7.37. The van der Waals surface area contributed by atoms with E-state index in [0.717, 1.165) is 11.1 Å². The summed E-state index contributed by atoms with van der Waals surface area (Å²) in [4.78, 5) is 10.0. The number of nitrogens with zero attached hydrogens (tertiary/aromatic N) is 1. The normalized spacial score (nSPS) is 11.1. The van der Waals surface area contributed by atoms with Gasteiger partial charge >= 0.3 is 0 Å². The minimum atomic E-state index is -4.07. The highest BCUT2D eigenvalue weighted by atomic mass is 32.2. The van der Waals surface area contributed by atoms with Gasteiger partial charge in [0, 0.05) is 11.8 Å². The predicted octanol–water partition coefficient (Wildman–Crippen LogP) is 3.99. The predicted molar refractivity (Wildman–Crippen MR) is 99.6 cm³/mol. The lowest BCUT2D eigenvalue weighted by Crippen LogP contribution is -2.14. The Labute approximate surface area is 151 Å². The number of rotatable bonds is 6. The number of nitro benzene ring substituents is 1. The van der Waals surface area contributed by atoms with Crippen LogP contribution in [0.4, 0.5) is 11.4 Å². The first-order valence-electron chi connectivity index (χ1n) is 7.85. The van der Waals surface area contributed by atoms with E-state index in [-0.39, 0.29) is 4.90 Å². The molecule has 3 aromatic carbocycles. The van der Waals surface area contributed by atoms with E-state index in [0.29, 0.717) is 12.1 Å². The van der Waals surface area contributed by atoms with Crippen LogP contribution in [0.5, 0.6) is 0 Å². The Bertz CT molecular complexity index is 1030. The van der Waals surface area contributed by atoms with Crippen LogP contribution in [0.2, 0.25) is 0 Å². The first-order valence-corrected chi connectivity index (χ1v) is 9.33. The molecule has 3 aromatic rings. The van der Waals surface area contributed by atoms with Crippen molar-refractivity contribution in [3.05, 3.63) is 100 Å². The molecule has 0 radical (unpaired) electrons. The minimum absolute atomic E-state index is 0.358. The minimum Gasteiger partial charge on any atom is -0.279 e. The van der Waals surface area contributed by atoms with Crippen LogP contribution in [0.3, 0.4) is 0 Å². The van der Waals surface area contributed by atoms with Crippen LogP contribution in [0.15, 0.2) is 83.8 Å². The molecular weight excluding hydrogens is 352 g/mol. The standard InChI is InChI=1S/C19H16N2O4S/c22-21(23)18-11-4-5-12-19(18)26(24,25)20-17-10-6-9-16(14-17)13-15-7-2-1-3-8-15/h1-12,14,20H,13H2. The van der Waals surface area contributed by atoms with Gasteiger partial charge in [-0.15, -0.1) is 0 Å². The molecule has 0 fully saturated rings. The third-order valence-electron chi connectivity index (χ3n) is 3.78. The molecule has 0 unspecified atom stereocenters. The van der Waals surface area contributed by atoms with Crippen molar-refractivity contribution >= 4 is 21.4 Å². The van der Waals surface area contributed by atoms with E-state index in [4.69, 9.17) is 0 Å². The third-order valence-corrected chi connectivity index (χ3v) is 5.21. The lowest BCUT2D eigenvalue weighted by atomic mass is 10.0. The topological polar surface area (TPSA) is 89.3 Å². The van der Waals surface area contributed by atoms with Crippen molar-refractivity contribution in [1.82, 2.24) is 0 Å². The fraction of sp³-hybridized carbons (Fsp3) is 0.0526. The molecule has 0 aliphatic heterocycles. The summed E-state index contributed by atoms with van der Waals surface area (Å²) in [5.41, 5.74) is 1.93. The average molecular weight is 368 g/mol. The zero-order valence-corrected chi connectivity index (χ0v) is 14.5. The average Bonchev–Trinajstić information content (AvgIpc) is 2.62. The Morgan fingerprint density at radius 1 is 0.846 bits per heavy atom. The summed E-state index contributed by atoms with van der Waals surface area (Å²) in [6.45, 7) is 0. The summed E-state index contributed by atoms with van der Waals surface area (Å²) in [5, 5.41) is 11.1. The molecule has 132 valence electrons. The number of nitrogens with one attached hydrogen (secondary N) is 1. The highest BCUT2D eigenvalue weighted by Crippen LogP contribution is 2.25. The first-order chi connectivity index (χ1) is 12.5. The van der Waals surface area contributed by atoms with Gasteiger partial charge in [0.05, 0.1) is 4.92 Å². The van der Waals surface area contributed by atoms with Crippen molar-refractivity contribution in [1.29, 1.82) is 0 Å². The van der Waals surface area contributed by atoms with Gasteiger partial charge in [-0.2, -0.15) is 0 Å². The van der Waals surface area contributed by atoms with E-state index in [1.165, 1.54) is 24.3 Å². The van der Waals surface area contributed by atoms with Crippen LogP contribution in [0, 0.1) is 10.1 Å². The summed E-state index contributed by atoms with van der Waals surface area (Å²) in [7, 11) is -4.07. The third kappa shape index (κ3) is 4.07. The van der Waals surface area contributed by atoms with Crippen LogP contribution < -0.4 is 4.72 Å². The molecule has 1 N–H and O–H groups in total. The Morgan fingerprint density at radius 2 is 1.50 bits per heavy atom. The molecule has 6 nitrogen and oxygen atoms in total. The molecule has 0 aromatic heterocycles. The van der Waals surface area contributed by atoms with Gasteiger partial charge in [0.2, 0.25) is 0 Å².